The van der Waals surface area contributed by atoms with Crippen LogP contribution in [0.4, 0.5) is 10.8 Å². The molecule has 1 atom stereocenters. The van der Waals surface area contributed by atoms with Gasteiger partial charge in [0.1, 0.15) is 10.8 Å². The van der Waals surface area contributed by atoms with Crippen LogP contribution < -0.4 is 10.6 Å². The van der Waals surface area contributed by atoms with Crippen LogP contribution in [0.3, 0.4) is 0 Å². The number of aliphatic hydroxyl groups is 1. The van der Waals surface area contributed by atoms with E-state index >= 15 is 0 Å². The highest BCUT2D eigenvalue weighted by Crippen LogP contribution is 2.40. The summed E-state index contributed by atoms with van der Waals surface area (Å²) in [5.74, 6) is 1.14. The highest BCUT2D eigenvalue weighted by molar-refractivity contribution is 7.11. The smallest absolute Gasteiger partial charge is 0.147 e. The van der Waals surface area contributed by atoms with E-state index in [0.29, 0.717) is 11.7 Å². The molecule has 5 nitrogen and oxygen atoms in total. The summed E-state index contributed by atoms with van der Waals surface area (Å²) in [7, 11) is 0. The lowest BCUT2D eigenvalue weighted by molar-refractivity contribution is 0.244. The molecule has 1 fully saturated rings. The van der Waals surface area contributed by atoms with Crippen LogP contribution in [0.2, 0.25) is 0 Å². The fraction of sp³-hybridized carbons (Fsp3) is 0.467. The van der Waals surface area contributed by atoms with E-state index in [9.17, 15) is 0 Å². The molecule has 0 saturated carbocycles. The molecule has 2 aromatic heterocycles. The number of pyridine rings is 1. The van der Waals surface area contributed by atoms with E-state index in [1.165, 1.54) is 18.0 Å². The first-order chi connectivity index (χ1) is 10.3. The summed E-state index contributed by atoms with van der Waals surface area (Å²) >= 11 is 1.47. The molecule has 1 aliphatic rings. The first-order valence-electron chi connectivity index (χ1n) is 7.31. The van der Waals surface area contributed by atoms with Crippen molar-refractivity contribution in [2.75, 3.05) is 30.3 Å². The van der Waals surface area contributed by atoms with Gasteiger partial charge in [-0.15, -0.1) is 0 Å². The highest BCUT2D eigenvalue weighted by atomic mass is 32.1. The molecule has 0 aromatic carbocycles. The van der Waals surface area contributed by atoms with Gasteiger partial charge in [-0.25, -0.2) is 0 Å². The number of nitrogen functional groups attached to an aromatic ring is 1. The molecule has 1 aliphatic heterocycles. The quantitative estimate of drug-likeness (QED) is 0.907. The van der Waals surface area contributed by atoms with Gasteiger partial charge >= 0.3 is 0 Å². The summed E-state index contributed by atoms with van der Waals surface area (Å²) in [5.41, 5.74) is 8.17. The topological polar surface area (TPSA) is 75.3 Å². The van der Waals surface area contributed by atoms with Crippen molar-refractivity contribution in [1.29, 1.82) is 0 Å². The third kappa shape index (κ3) is 3.01. The second-order valence-corrected chi connectivity index (χ2v) is 6.20. The SMILES string of the molecule is Nc1nsc(N2CCCC(CCO)C2)c1-c1ccncc1. The predicted octanol–water partition coefficient (Wildman–Crippen LogP) is 2.39. The van der Waals surface area contributed by atoms with Gasteiger partial charge in [0.05, 0.1) is 5.56 Å². The molecule has 0 aliphatic carbocycles. The van der Waals surface area contributed by atoms with Crippen molar-refractivity contribution in [3.63, 3.8) is 0 Å². The fourth-order valence-electron chi connectivity index (χ4n) is 2.97. The van der Waals surface area contributed by atoms with E-state index in [0.717, 1.165) is 42.1 Å². The summed E-state index contributed by atoms with van der Waals surface area (Å²) in [6.45, 7) is 2.27. The lowest BCUT2D eigenvalue weighted by Gasteiger charge is -2.33. The number of nitrogens with zero attached hydrogens (tertiary/aromatic N) is 3. The van der Waals surface area contributed by atoms with E-state index in [4.69, 9.17) is 10.8 Å². The van der Waals surface area contributed by atoms with Gasteiger partial charge in [0, 0.05) is 32.1 Å². The fourth-order valence-corrected chi connectivity index (χ4v) is 3.84. The zero-order valence-corrected chi connectivity index (χ0v) is 12.7. The Balaban J connectivity index is 1.89. The van der Waals surface area contributed by atoms with Crippen molar-refractivity contribution in [2.24, 2.45) is 5.92 Å². The summed E-state index contributed by atoms with van der Waals surface area (Å²) in [6.07, 6.45) is 6.77. The van der Waals surface area contributed by atoms with Gasteiger partial charge in [-0.1, -0.05) is 0 Å². The zero-order chi connectivity index (χ0) is 14.7. The second kappa shape index (κ2) is 6.41. The van der Waals surface area contributed by atoms with Crippen LogP contribution in [0.15, 0.2) is 24.5 Å². The number of aliphatic hydroxyl groups excluding tert-OH is 1. The van der Waals surface area contributed by atoms with Gasteiger partial charge in [-0.2, -0.15) is 4.37 Å². The van der Waals surface area contributed by atoms with Crippen molar-refractivity contribution >= 4 is 22.4 Å². The van der Waals surface area contributed by atoms with Crippen molar-refractivity contribution < 1.29 is 5.11 Å². The summed E-state index contributed by atoms with van der Waals surface area (Å²) in [4.78, 5) is 6.43. The standard InChI is InChI=1S/C15H20N4OS/c16-14-13(12-3-6-17-7-4-12)15(21-18-14)19-8-1-2-11(10-19)5-9-20/h3-4,6-7,11,20H,1-2,5,8-10H2,(H2,16,18). The van der Waals surface area contributed by atoms with Gasteiger partial charge in [0.15, 0.2) is 0 Å². The molecule has 2 aromatic rings. The van der Waals surface area contributed by atoms with Crippen LogP contribution >= 0.6 is 11.5 Å². The Morgan fingerprint density at radius 1 is 1.38 bits per heavy atom. The number of hydrogen-bond acceptors (Lipinski definition) is 6. The minimum Gasteiger partial charge on any atom is -0.396 e. The molecule has 0 bridgehead atoms. The molecule has 0 amide bonds. The summed E-state index contributed by atoms with van der Waals surface area (Å²) in [6, 6.07) is 3.94. The van der Waals surface area contributed by atoms with Crippen molar-refractivity contribution in [1.82, 2.24) is 9.36 Å². The Morgan fingerprint density at radius 2 is 2.19 bits per heavy atom. The third-order valence-electron chi connectivity index (χ3n) is 4.01. The molecule has 0 spiro atoms. The molecular formula is C15H20N4OS. The first kappa shape index (κ1) is 14.3. The Morgan fingerprint density at radius 3 is 2.95 bits per heavy atom. The average molecular weight is 304 g/mol. The van der Waals surface area contributed by atoms with E-state index in [2.05, 4.69) is 14.3 Å². The van der Waals surface area contributed by atoms with E-state index in [-0.39, 0.29) is 6.61 Å². The molecule has 21 heavy (non-hydrogen) atoms. The number of nitrogens with two attached hydrogens (primary N) is 1. The Hall–Kier alpha value is -1.66. The molecule has 1 unspecified atom stereocenters. The van der Waals surface area contributed by atoms with Crippen LogP contribution in [-0.2, 0) is 0 Å². The van der Waals surface area contributed by atoms with Crippen molar-refractivity contribution in [3.8, 4) is 11.1 Å². The summed E-state index contributed by atoms with van der Waals surface area (Å²) < 4.78 is 4.35. The van der Waals surface area contributed by atoms with Crippen molar-refractivity contribution in [2.45, 2.75) is 19.3 Å². The lowest BCUT2D eigenvalue weighted by Crippen LogP contribution is -2.35. The number of piperidine rings is 1. The molecule has 3 N–H and O–H groups in total. The van der Waals surface area contributed by atoms with Gasteiger partial charge in [-0.3, -0.25) is 4.98 Å². The maximum atomic E-state index is 9.16. The van der Waals surface area contributed by atoms with Crippen LogP contribution in [0.25, 0.3) is 11.1 Å². The molecule has 1 saturated heterocycles. The molecule has 0 radical (unpaired) electrons. The van der Waals surface area contributed by atoms with Crippen molar-refractivity contribution in [3.05, 3.63) is 24.5 Å². The van der Waals surface area contributed by atoms with Gasteiger partial charge in [-0.05, 0) is 54.4 Å². The second-order valence-electron chi connectivity index (χ2n) is 5.45. The van der Waals surface area contributed by atoms with E-state index < -0.39 is 0 Å². The largest absolute Gasteiger partial charge is 0.396 e. The van der Waals surface area contributed by atoms with Crippen LogP contribution in [0.1, 0.15) is 19.3 Å². The van der Waals surface area contributed by atoms with Gasteiger partial charge in [0.25, 0.3) is 0 Å². The monoisotopic (exact) mass is 304 g/mol. The van der Waals surface area contributed by atoms with Crippen LogP contribution in [0, 0.1) is 5.92 Å². The Bertz CT molecular complexity index is 585. The predicted molar refractivity (Wildman–Crippen MR) is 86.4 cm³/mol. The maximum Gasteiger partial charge on any atom is 0.147 e. The van der Waals surface area contributed by atoms with Gasteiger partial charge in [0.2, 0.25) is 0 Å². The maximum absolute atomic E-state index is 9.16. The van der Waals surface area contributed by atoms with E-state index in [1.54, 1.807) is 12.4 Å². The number of hydrogen-bond donors (Lipinski definition) is 2. The van der Waals surface area contributed by atoms with Gasteiger partial charge < -0.3 is 15.7 Å². The number of rotatable bonds is 4. The average Bonchev–Trinajstić information content (AvgIpc) is 2.90. The molecule has 3 rings (SSSR count). The zero-order valence-electron chi connectivity index (χ0n) is 11.9. The Labute approximate surface area is 128 Å². The Kier molecular flexibility index (Phi) is 4.36. The van der Waals surface area contributed by atoms with E-state index in [1.807, 2.05) is 12.1 Å². The third-order valence-corrected chi connectivity index (χ3v) is 4.94. The number of aromatic nitrogens is 2. The van der Waals surface area contributed by atoms with Crippen LogP contribution in [0.5, 0.6) is 0 Å². The summed E-state index contributed by atoms with van der Waals surface area (Å²) in [5, 5.41) is 10.3. The normalized spacial score (nSPS) is 18.9. The highest BCUT2D eigenvalue weighted by Gasteiger charge is 2.25. The number of anilines is 2. The molecule has 112 valence electrons. The first-order valence-corrected chi connectivity index (χ1v) is 8.08. The molecular weight excluding hydrogens is 284 g/mol. The minimum atomic E-state index is 0.264. The molecule has 3 heterocycles. The van der Waals surface area contributed by atoms with Crippen LogP contribution in [-0.4, -0.2) is 34.2 Å². The lowest BCUT2D eigenvalue weighted by atomic mass is 9.95. The molecule has 6 heteroatoms. The minimum absolute atomic E-state index is 0.264.